The van der Waals surface area contributed by atoms with Gasteiger partial charge >= 0.3 is 0 Å². The molecule has 0 atom stereocenters. The molecule has 2 aliphatic heterocycles. The quantitative estimate of drug-likeness (QED) is 0.803. The molecule has 0 bridgehead atoms. The van der Waals surface area contributed by atoms with Crippen molar-refractivity contribution in [2.75, 3.05) is 5.75 Å². The number of ketones is 1. The van der Waals surface area contributed by atoms with Crippen molar-refractivity contribution in [1.82, 2.24) is 14.8 Å². The molecule has 5 nitrogen and oxygen atoms in total. The Hall–Kier alpha value is -1.30. The molecule has 17 heavy (non-hydrogen) atoms. The largest absolute Gasteiger partial charge is 0.393 e. The van der Waals surface area contributed by atoms with Gasteiger partial charge in [0.15, 0.2) is 11.6 Å². The minimum atomic E-state index is 0.0759. The fraction of sp³-hybridized carbons (Fsp3) is 0.545. The Kier molecular flexibility index (Phi) is 2.66. The van der Waals surface area contributed by atoms with Crippen molar-refractivity contribution < 1.29 is 4.79 Å². The maximum atomic E-state index is 11.8. The number of carbonyl (C=O) groups is 1. The smallest absolute Gasteiger partial charge is 0.179 e. The molecule has 1 aromatic rings. The maximum absolute atomic E-state index is 11.8. The van der Waals surface area contributed by atoms with Crippen molar-refractivity contribution in [1.29, 1.82) is 0 Å². The Labute approximate surface area is 103 Å². The minimum absolute atomic E-state index is 0.0759. The van der Waals surface area contributed by atoms with Gasteiger partial charge in [-0.05, 0) is 12.8 Å². The number of aryl methyl sites for hydroxylation is 1. The van der Waals surface area contributed by atoms with Crippen molar-refractivity contribution >= 4 is 23.1 Å². The van der Waals surface area contributed by atoms with Gasteiger partial charge in [0.1, 0.15) is 5.82 Å². The number of hydrogen-bond acceptors (Lipinski definition) is 5. The highest BCUT2D eigenvalue weighted by atomic mass is 32.2. The van der Waals surface area contributed by atoms with Gasteiger partial charge in [0.05, 0.1) is 16.4 Å². The summed E-state index contributed by atoms with van der Waals surface area (Å²) in [5.74, 6) is 2.17. The number of carbonyl (C=O) groups excluding carboxylic acids is 1. The lowest BCUT2D eigenvalue weighted by atomic mass is 10.2. The van der Waals surface area contributed by atoms with E-state index in [1.165, 1.54) is 18.2 Å². The number of nitrogens with zero attached hydrogens (tertiary/aromatic N) is 3. The fourth-order valence-electron chi connectivity index (χ4n) is 2.33. The number of fused-ring (bicyclic) bond motifs is 1. The lowest BCUT2D eigenvalue weighted by Gasteiger charge is -2.06. The third-order valence-corrected chi connectivity index (χ3v) is 4.14. The van der Waals surface area contributed by atoms with Crippen LogP contribution in [0.4, 0.5) is 0 Å². The van der Waals surface area contributed by atoms with E-state index >= 15 is 0 Å². The molecule has 0 aromatic carbocycles. The van der Waals surface area contributed by atoms with E-state index in [4.69, 9.17) is 5.73 Å². The number of hydrogen-bond donors (Lipinski definition) is 1. The second-order valence-corrected chi connectivity index (χ2v) is 5.37. The number of thioether (sulfide) groups is 1. The van der Waals surface area contributed by atoms with Gasteiger partial charge in [-0.3, -0.25) is 4.79 Å². The Morgan fingerprint density at radius 1 is 1.24 bits per heavy atom. The van der Waals surface area contributed by atoms with Crippen LogP contribution < -0.4 is 5.73 Å². The van der Waals surface area contributed by atoms with E-state index < -0.39 is 0 Å². The molecule has 0 saturated heterocycles. The van der Waals surface area contributed by atoms with Gasteiger partial charge in [0, 0.05) is 13.0 Å². The van der Waals surface area contributed by atoms with E-state index in [0.29, 0.717) is 22.2 Å². The van der Waals surface area contributed by atoms with Gasteiger partial charge in [-0.1, -0.05) is 18.2 Å². The summed E-state index contributed by atoms with van der Waals surface area (Å²) in [5.41, 5.74) is 6.45. The van der Waals surface area contributed by atoms with Crippen molar-refractivity contribution in [2.24, 2.45) is 5.73 Å². The predicted octanol–water partition coefficient (Wildman–Crippen LogP) is 0.948. The molecule has 0 radical (unpaired) electrons. The first-order valence-electron chi connectivity index (χ1n) is 5.85. The van der Waals surface area contributed by atoms with Gasteiger partial charge in [-0.2, -0.15) is 0 Å². The Bertz CT molecular complexity index is 506. The molecule has 90 valence electrons. The summed E-state index contributed by atoms with van der Waals surface area (Å²) < 4.78 is 2.07. The summed E-state index contributed by atoms with van der Waals surface area (Å²) in [6, 6.07) is 0. The Morgan fingerprint density at radius 3 is 2.88 bits per heavy atom. The van der Waals surface area contributed by atoms with Gasteiger partial charge in [-0.25, -0.2) is 0 Å². The number of Topliss-reactive ketones (excluding diaryl/α,β-unsaturated/α-hetero) is 1. The van der Waals surface area contributed by atoms with Crippen LogP contribution in [0.1, 0.15) is 30.9 Å². The first-order chi connectivity index (χ1) is 8.27. The van der Waals surface area contributed by atoms with E-state index in [9.17, 15) is 4.79 Å². The van der Waals surface area contributed by atoms with Gasteiger partial charge in [0.25, 0.3) is 0 Å². The molecule has 3 heterocycles. The van der Waals surface area contributed by atoms with Crippen LogP contribution in [0.3, 0.4) is 0 Å². The predicted molar refractivity (Wildman–Crippen MR) is 66.1 cm³/mol. The number of nitrogens with two attached hydrogens (primary N) is 1. The van der Waals surface area contributed by atoms with E-state index in [2.05, 4.69) is 14.8 Å². The lowest BCUT2D eigenvalue weighted by Crippen LogP contribution is -2.11. The third kappa shape index (κ3) is 1.76. The van der Waals surface area contributed by atoms with E-state index in [1.807, 2.05) is 0 Å². The summed E-state index contributed by atoms with van der Waals surface area (Å²) in [7, 11) is 0. The number of allylic oxidation sites excluding steroid dienone is 1. The average Bonchev–Trinajstić information content (AvgIpc) is 2.74. The zero-order valence-corrected chi connectivity index (χ0v) is 10.3. The topological polar surface area (TPSA) is 73.8 Å². The molecule has 0 unspecified atom stereocenters. The second kappa shape index (κ2) is 4.18. The summed E-state index contributed by atoms with van der Waals surface area (Å²) in [6.45, 7) is 0.895. The molecule has 0 fully saturated rings. The van der Waals surface area contributed by atoms with E-state index in [1.54, 1.807) is 0 Å². The lowest BCUT2D eigenvalue weighted by molar-refractivity contribution is -0.111. The van der Waals surface area contributed by atoms with Crippen molar-refractivity contribution in [2.45, 2.75) is 32.2 Å². The Balaban J connectivity index is 2.07. The highest BCUT2D eigenvalue weighted by Crippen LogP contribution is 2.32. The molecule has 0 saturated carbocycles. The second-order valence-electron chi connectivity index (χ2n) is 4.35. The molecule has 2 aliphatic rings. The molecule has 1 aromatic heterocycles. The zero-order valence-electron chi connectivity index (χ0n) is 9.48. The fourth-order valence-corrected chi connectivity index (χ4v) is 3.11. The zero-order chi connectivity index (χ0) is 11.8. The monoisotopic (exact) mass is 250 g/mol. The summed E-state index contributed by atoms with van der Waals surface area (Å²) in [6.07, 6.45) is 4.42. The molecule has 3 rings (SSSR count). The van der Waals surface area contributed by atoms with Crippen LogP contribution in [0.5, 0.6) is 0 Å². The molecule has 0 spiro atoms. The number of aromatic nitrogens is 3. The highest BCUT2D eigenvalue weighted by Gasteiger charge is 2.29. The first kappa shape index (κ1) is 10.8. The molecule has 6 heteroatoms. The third-order valence-electron chi connectivity index (χ3n) is 3.22. The molecular weight excluding hydrogens is 236 g/mol. The van der Waals surface area contributed by atoms with Crippen LogP contribution in [-0.4, -0.2) is 26.3 Å². The summed E-state index contributed by atoms with van der Waals surface area (Å²) in [5, 5.41) is 8.95. The standard InChI is InChI=1S/C11H14N4OS/c12-10-9(7(16)6-17-10)11-14-13-8-4-2-1-3-5-15(8)11/h1-6,12H2. The maximum Gasteiger partial charge on any atom is 0.179 e. The van der Waals surface area contributed by atoms with Crippen LogP contribution in [-0.2, 0) is 17.8 Å². The minimum Gasteiger partial charge on any atom is -0.393 e. The van der Waals surface area contributed by atoms with Crippen molar-refractivity contribution in [3.05, 3.63) is 16.7 Å². The number of rotatable bonds is 1. The molecular formula is C11H14N4OS. The Morgan fingerprint density at radius 2 is 2.12 bits per heavy atom. The van der Waals surface area contributed by atoms with E-state index in [0.717, 1.165) is 31.6 Å². The van der Waals surface area contributed by atoms with Crippen LogP contribution in [0.25, 0.3) is 5.57 Å². The van der Waals surface area contributed by atoms with Gasteiger partial charge in [0.2, 0.25) is 0 Å². The van der Waals surface area contributed by atoms with Crippen LogP contribution in [0.15, 0.2) is 5.03 Å². The van der Waals surface area contributed by atoms with Crippen LogP contribution in [0, 0.1) is 0 Å². The van der Waals surface area contributed by atoms with Crippen LogP contribution in [0.2, 0.25) is 0 Å². The van der Waals surface area contributed by atoms with Crippen molar-refractivity contribution in [3.8, 4) is 0 Å². The van der Waals surface area contributed by atoms with Crippen LogP contribution >= 0.6 is 11.8 Å². The van der Waals surface area contributed by atoms with Crippen molar-refractivity contribution in [3.63, 3.8) is 0 Å². The first-order valence-corrected chi connectivity index (χ1v) is 6.84. The summed E-state index contributed by atoms with van der Waals surface area (Å²) >= 11 is 1.39. The molecule has 0 amide bonds. The summed E-state index contributed by atoms with van der Waals surface area (Å²) in [4.78, 5) is 11.8. The SMILES string of the molecule is NC1=C(c2nnc3n2CCCCC3)C(=O)CS1. The average molecular weight is 250 g/mol. The van der Waals surface area contributed by atoms with E-state index in [-0.39, 0.29) is 5.78 Å². The molecule has 0 aliphatic carbocycles. The van der Waals surface area contributed by atoms with Gasteiger partial charge < -0.3 is 10.3 Å². The molecule has 2 N–H and O–H groups in total. The van der Waals surface area contributed by atoms with Gasteiger partial charge in [-0.15, -0.1) is 10.2 Å². The highest BCUT2D eigenvalue weighted by molar-refractivity contribution is 8.04. The normalized spacial score (nSPS) is 20.6.